The Morgan fingerprint density at radius 2 is 1.25 bits per heavy atom. The number of hydrogen-bond donors (Lipinski definition) is 1. The Kier molecular flexibility index (Phi) is 6.78. The Morgan fingerprint density at radius 3 is 1.62 bits per heavy atom. The molecular weight excluding hydrogens is 451 g/mol. The number of rotatable bonds is 5. The summed E-state index contributed by atoms with van der Waals surface area (Å²) >= 11 is 7.05. The van der Waals surface area contributed by atoms with Crippen molar-refractivity contribution in [3.8, 4) is 6.07 Å². The zero-order valence-electron chi connectivity index (χ0n) is 17.0. The van der Waals surface area contributed by atoms with Crippen LogP contribution in [0.3, 0.4) is 0 Å². The monoisotopic (exact) mass is 470 g/mol. The van der Waals surface area contributed by atoms with Gasteiger partial charge in [-0.25, -0.2) is 0 Å². The molecule has 1 N–H and O–H groups in total. The molecule has 0 aliphatic rings. The van der Waals surface area contributed by atoms with E-state index in [-0.39, 0.29) is 10.9 Å². The molecule has 156 valence electrons. The lowest BCUT2D eigenvalue weighted by molar-refractivity contribution is 0.0982. The zero-order chi connectivity index (χ0) is 22.4. The molecule has 32 heavy (non-hydrogen) atoms. The lowest BCUT2D eigenvalue weighted by Crippen LogP contribution is -2.39. The van der Waals surface area contributed by atoms with Crippen LogP contribution in [-0.2, 0) is 0 Å². The van der Waals surface area contributed by atoms with Crippen LogP contribution in [0.25, 0.3) is 0 Å². The number of carbonyl (C=O) groups is 1. The molecule has 0 aliphatic carbocycles. The molecule has 4 aromatic rings. The van der Waals surface area contributed by atoms with Gasteiger partial charge in [0.15, 0.2) is 0 Å². The van der Waals surface area contributed by atoms with Crippen molar-refractivity contribution in [3.05, 3.63) is 113 Å². The molecule has 0 radical (unpaired) electrons. The van der Waals surface area contributed by atoms with E-state index in [4.69, 9.17) is 12.2 Å². The molecule has 0 aliphatic heterocycles. The summed E-state index contributed by atoms with van der Waals surface area (Å²) < 4.78 is 0. The molecule has 0 atom stereocenters. The lowest BCUT2D eigenvalue weighted by Gasteiger charge is -2.30. The van der Waals surface area contributed by atoms with Gasteiger partial charge < -0.3 is 5.32 Å². The van der Waals surface area contributed by atoms with Crippen LogP contribution in [0.4, 0.5) is 0 Å². The van der Waals surface area contributed by atoms with Gasteiger partial charge in [0.1, 0.15) is 11.1 Å². The van der Waals surface area contributed by atoms with E-state index in [2.05, 4.69) is 11.4 Å². The van der Waals surface area contributed by atoms with Crippen molar-refractivity contribution in [1.29, 1.82) is 5.26 Å². The van der Waals surface area contributed by atoms with Crippen LogP contribution in [0.15, 0.2) is 109 Å². The largest absolute Gasteiger partial charge is 0.311 e. The molecule has 0 saturated carbocycles. The highest BCUT2D eigenvalue weighted by Crippen LogP contribution is 2.46. The van der Waals surface area contributed by atoms with Gasteiger partial charge in [-0.3, -0.25) is 4.79 Å². The summed E-state index contributed by atoms with van der Waals surface area (Å²) in [5, 5.41) is 18.5. The first-order valence-corrected chi connectivity index (χ1v) is 13.0. The van der Waals surface area contributed by atoms with E-state index in [0.29, 0.717) is 10.2 Å². The van der Waals surface area contributed by atoms with Crippen LogP contribution in [0.5, 0.6) is 0 Å². The average molecular weight is 471 g/mol. The molecule has 0 unspecified atom stereocenters. The van der Waals surface area contributed by atoms with Crippen LogP contribution in [-0.4, -0.2) is 16.2 Å². The second-order valence-electron chi connectivity index (χ2n) is 6.90. The van der Waals surface area contributed by atoms with E-state index in [1.165, 1.54) is 11.3 Å². The zero-order valence-corrected chi connectivity index (χ0v) is 19.5. The molecule has 1 amide bonds. The number of carbonyl (C=O) groups excluding carboxylic acids is 1. The molecule has 1 heterocycles. The lowest BCUT2D eigenvalue weighted by atomic mass is 10.3. The maximum absolute atomic E-state index is 12.8. The van der Waals surface area contributed by atoms with Crippen LogP contribution in [0.2, 0.25) is 0 Å². The van der Waals surface area contributed by atoms with Gasteiger partial charge in [-0.1, -0.05) is 109 Å². The topological polar surface area (TPSA) is 52.9 Å². The van der Waals surface area contributed by atoms with Gasteiger partial charge >= 0.3 is 0 Å². The molecule has 3 nitrogen and oxygen atoms in total. The van der Waals surface area contributed by atoms with E-state index >= 15 is 0 Å². The third-order valence-corrected chi connectivity index (χ3v) is 10.6. The first-order chi connectivity index (χ1) is 15.7. The van der Waals surface area contributed by atoms with Crippen molar-refractivity contribution >= 4 is 62.5 Å². The third kappa shape index (κ3) is 4.09. The maximum atomic E-state index is 12.8. The summed E-state index contributed by atoms with van der Waals surface area (Å²) in [6.07, 6.45) is 0. The number of nitrogens with zero attached hydrogens (tertiary/aromatic N) is 1. The predicted octanol–water partition coefficient (Wildman–Crippen LogP) is 4.50. The van der Waals surface area contributed by atoms with Crippen molar-refractivity contribution in [1.82, 2.24) is 5.32 Å². The molecular formula is C26H19N2OPS2. The Labute approximate surface area is 197 Å². The third-order valence-electron chi connectivity index (χ3n) is 5.06. The summed E-state index contributed by atoms with van der Waals surface area (Å²) in [5.74, 6) is -0.301. The fraction of sp³-hybridized carbons (Fsp3) is 0. The second-order valence-corrected chi connectivity index (χ2v) is 11.6. The summed E-state index contributed by atoms with van der Waals surface area (Å²) in [5.41, 5.74) is 0. The Bertz CT molecular complexity index is 1220. The fourth-order valence-electron chi connectivity index (χ4n) is 3.70. The predicted molar refractivity (Wildman–Crippen MR) is 140 cm³/mol. The number of hydrogen-bond acceptors (Lipinski definition) is 4. The van der Waals surface area contributed by atoms with Crippen LogP contribution in [0, 0.1) is 11.3 Å². The van der Waals surface area contributed by atoms with Gasteiger partial charge in [0.25, 0.3) is 5.91 Å². The highest BCUT2D eigenvalue weighted by Gasteiger charge is 2.32. The number of thiophene rings is 1. The second kappa shape index (κ2) is 9.89. The summed E-state index contributed by atoms with van der Waals surface area (Å²) in [6, 6.07) is 35.9. The first-order valence-electron chi connectivity index (χ1n) is 9.90. The van der Waals surface area contributed by atoms with Gasteiger partial charge in [-0.2, -0.15) is 5.26 Å². The van der Waals surface area contributed by atoms with E-state index in [9.17, 15) is 10.1 Å². The van der Waals surface area contributed by atoms with E-state index in [1.807, 2.05) is 102 Å². The Hall–Kier alpha value is -3.29. The van der Waals surface area contributed by atoms with Crippen LogP contribution < -0.4 is 21.2 Å². The molecule has 0 bridgehead atoms. The standard InChI is InChI=1S/C26H19N2OPS2/c27-19-23(26(31)28-25(29)24-17-10-18-32-24)30(20-11-4-1-5-12-20,21-13-6-2-7-14-21)22-15-8-3-9-16-22/h1-18H,(H,28,29,31). The molecule has 0 fully saturated rings. The molecule has 6 heteroatoms. The van der Waals surface area contributed by atoms with Crippen molar-refractivity contribution in [2.24, 2.45) is 0 Å². The summed E-state index contributed by atoms with van der Waals surface area (Å²) in [6.45, 7) is -2.65. The van der Waals surface area contributed by atoms with E-state index in [0.717, 1.165) is 15.9 Å². The van der Waals surface area contributed by atoms with Gasteiger partial charge in [0.2, 0.25) is 0 Å². The number of benzene rings is 3. The number of nitriles is 1. The maximum Gasteiger partial charge on any atom is 0.266 e. The highest BCUT2D eigenvalue weighted by atomic mass is 32.1. The molecule has 0 saturated heterocycles. The van der Waals surface area contributed by atoms with Crippen molar-refractivity contribution < 1.29 is 4.79 Å². The van der Waals surface area contributed by atoms with Gasteiger partial charge in [-0.05, 0) is 34.2 Å². The van der Waals surface area contributed by atoms with E-state index in [1.54, 1.807) is 6.07 Å². The Balaban J connectivity index is 2.05. The van der Waals surface area contributed by atoms with Crippen molar-refractivity contribution in [3.63, 3.8) is 0 Å². The smallest absolute Gasteiger partial charge is 0.266 e. The minimum Gasteiger partial charge on any atom is -0.311 e. The van der Waals surface area contributed by atoms with Crippen molar-refractivity contribution in [2.75, 3.05) is 0 Å². The van der Waals surface area contributed by atoms with Gasteiger partial charge in [0.05, 0.1) is 10.2 Å². The molecule has 0 spiro atoms. The highest BCUT2D eigenvalue weighted by molar-refractivity contribution is 7.99. The fourth-order valence-corrected chi connectivity index (χ4v) is 8.90. The van der Waals surface area contributed by atoms with Crippen molar-refractivity contribution in [2.45, 2.75) is 0 Å². The number of nitrogens with one attached hydrogen (secondary N) is 1. The average Bonchev–Trinajstić information content (AvgIpc) is 3.39. The summed E-state index contributed by atoms with van der Waals surface area (Å²) in [7, 11) is 0. The quantitative estimate of drug-likeness (QED) is 0.345. The van der Waals surface area contributed by atoms with Gasteiger partial charge in [-0.15, -0.1) is 11.3 Å². The Morgan fingerprint density at radius 1 is 0.781 bits per heavy atom. The normalized spacial score (nSPS) is 10.7. The van der Waals surface area contributed by atoms with Gasteiger partial charge in [0, 0.05) is 0 Å². The minimum absolute atomic E-state index is 0.163. The first kappa shape index (κ1) is 21.9. The molecule has 1 aromatic heterocycles. The van der Waals surface area contributed by atoms with Crippen LogP contribution in [0.1, 0.15) is 9.67 Å². The van der Waals surface area contributed by atoms with E-state index < -0.39 is 6.89 Å². The molecule has 4 rings (SSSR count). The number of thiocarbonyl (C=S) groups is 1. The minimum atomic E-state index is -2.65. The summed E-state index contributed by atoms with van der Waals surface area (Å²) in [4.78, 5) is 13.5. The van der Waals surface area contributed by atoms with Crippen LogP contribution >= 0.6 is 30.4 Å². The number of amides is 1. The SMILES string of the molecule is N#CC(C(=S)NC(=O)c1cccs1)=P(c1ccccc1)(c1ccccc1)c1ccccc1. The molecule has 3 aromatic carbocycles.